The third-order valence-electron chi connectivity index (χ3n) is 6.61. The molecule has 2 heterocycles. The number of carbonyl (C=O) groups excluding carboxylic acids is 1. The molecule has 0 bridgehead atoms. The van der Waals surface area contributed by atoms with Crippen LogP contribution >= 0.6 is 0 Å². The van der Waals surface area contributed by atoms with Crippen LogP contribution in [0.25, 0.3) is 11.8 Å². The van der Waals surface area contributed by atoms with Gasteiger partial charge in [0.1, 0.15) is 5.69 Å². The van der Waals surface area contributed by atoms with Crippen LogP contribution in [0.3, 0.4) is 0 Å². The van der Waals surface area contributed by atoms with Crippen molar-refractivity contribution in [3.05, 3.63) is 88.4 Å². The maximum Gasteiger partial charge on any atom is 0.295 e. The molecule has 1 N–H and O–H groups in total. The number of nitrogens with zero attached hydrogens (tertiary/aromatic N) is 4. The highest BCUT2D eigenvalue weighted by atomic mass is 16.2. The standard InChI is InChI=1S/C27H33N5O2/c1-21-25(27(34)32(29(21)3)24-14-8-5-9-15-24)28-26(33)22(2)31-19-17-30(18-20-31)16-10-13-23-11-6-4-7-12-23/h4-15,22H,16-20H2,1-3H3,(H,28,33)/b13-10+. The summed E-state index contributed by atoms with van der Waals surface area (Å²) in [6, 6.07) is 19.4. The van der Waals surface area contributed by atoms with E-state index in [-0.39, 0.29) is 17.5 Å². The van der Waals surface area contributed by atoms with Crippen LogP contribution in [0.2, 0.25) is 0 Å². The van der Waals surface area contributed by atoms with Crippen molar-refractivity contribution in [3.8, 4) is 5.69 Å². The molecule has 0 spiro atoms. The van der Waals surface area contributed by atoms with Gasteiger partial charge >= 0.3 is 0 Å². The summed E-state index contributed by atoms with van der Waals surface area (Å²) < 4.78 is 3.36. The molecule has 178 valence electrons. The maximum absolute atomic E-state index is 13.1. The van der Waals surface area contributed by atoms with Crippen molar-refractivity contribution in [1.82, 2.24) is 19.2 Å². The first kappa shape index (κ1) is 23.7. The summed E-state index contributed by atoms with van der Waals surface area (Å²) in [5.74, 6) is -0.150. The lowest BCUT2D eigenvalue weighted by Gasteiger charge is -2.36. The molecule has 4 rings (SSSR count). The second-order valence-electron chi connectivity index (χ2n) is 8.75. The third kappa shape index (κ3) is 5.21. The van der Waals surface area contributed by atoms with Gasteiger partial charge in [-0.25, -0.2) is 4.68 Å². The van der Waals surface area contributed by atoms with Crippen LogP contribution in [0.15, 0.2) is 71.5 Å². The minimum atomic E-state index is -0.314. The quantitative estimate of drug-likeness (QED) is 0.590. The normalized spacial score (nSPS) is 16.1. The van der Waals surface area contributed by atoms with Gasteiger partial charge in [0.2, 0.25) is 5.91 Å². The van der Waals surface area contributed by atoms with Gasteiger partial charge in [-0.15, -0.1) is 0 Å². The van der Waals surface area contributed by atoms with Gasteiger partial charge in [0.25, 0.3) is 5.56 Å². The van der Waals surface area contributed by atoms with Gasteiger partial charge in [-0.05, 0) is 31.5 Å². The highest BCUT2D eigenvalue weighted by molar-refractivity contribution is 5.95. The minimum Gasteiger partial charge on any atom is -0.319 e. The van der Waals surface area contributed by atoms with Crippen LogP contribution in [-0.2, 0) is 11.8 Å². The van der Waals surface area contributed by atoms with Crippen molar-refractivity contribution in [2.24, 2.45) is 7.05 Å². The van der Waals surface area contributed by atoms with E-state index in [2.05, 4.69) is 39.4 Å². The average Bonchev–Trinajstić information content (AvgIpc) is 3.08. The molecule has 1 aromatic heterocycles. The predicted molar refractivity (Wildman–Crippen MR) is 137 cm³/mol. The zero-order chi connectivity index (χ0) is 24.1. The van der Waals surface area contributed by atoms with Gasteiger partial charge in [0.05, 0.1) is 17.4 Å². The van der Waals surface area contributed by atoms with Gasteiger partial charge in [-0.2, -0.15) is 0 Å². The Morgan fingerprint density at radius 3 is 2.26 bits per heavy atom. The molecule has 1 aliphatic heterocycles. The van der Waals surface area contributed by atoms with E-state index in [1.807, 2.05) is 69.4 Å². The fourth-order valence-electron chi connectivity index (χ4n) is 4.34. The van der Waals surface area contributed by atoms with Crippen molar-refractivity contribution in [1.29, 1.82) is 0 Å². The molecular formula is C27H33N5O2. The molecule has 0 aliphatic carbocycles. The maximum atomic E-state index is 13.1. The minimum absolute atomic E-state index is 0.150. The number of amides is 1. The second kappa shape index (κ2) is 10.7. The second-order valence-corrected chi connectivity index (χ2v) is 8.75. The highest BCUT2D eigenvalue weighted by Crippen LogP contribution is 2.15. The summed E-state index contributed by atoms with van der Waals surface area (Å²) in [6.45, 7) is 8.10. The molecule has 1 saturated heterocycles. The molecule has 0 saturated carbocycles. The first-order valence-corrected chi connectivity index (χ1v) is 11.8. The largest absolute Gasteiger partial charge is 0.319 e. The first-order chi connectivity index (χ1) is 16.5. The van der Waals surface area contributed by atoms with Crippen molar-refractivity contribution in [3.63, 3.8) is 0 Å². The molecular weight excluding hydrogens is 426 g/mol. The zero-order valence-electron chi connectivity index (χ0n) is 20.1. The topological polar surface area (TPSA) is 62.5 Å². The number of benzene rings is 2. The van der Waals surface area contributed by atoms with Crippen molar-refractivity contribution >= 4 is 17.7 Å². The Kier molecular flexibility index (Phi) is 7.45. The summed E-state index contributed by atoms with van der Waals surface area (Å²) in [4.78, 5) is 30.7. The Labute approximate surface area is 200 Å². The lowest BCUT2D eigenvalue weighted by Crippen LogP contribution is -2.52. The molecule has 1 atom stereocenters. The Bertz CT molecular complexity index is 1190. The van der Waals surface area contributed by atoms with E-state index in [4.69, 9.17) is 0 Å². The van der Waals surface area contributed by atoms with E-state index in [0.717, 1.165) is 44.1 Å². The number of aromatic nitrogens is 2. The number of para-hydroxylation sites is 1. The van der Waals surface area contributed by atoms with Gasteiger partial charge in [-0.1, -0.05) is 60.7 Å². The van der Waals surface area contributed by atoms with E-state index in [9.17, 15) is 9.59 Å². The van der Waals surface area contributed by atoms with Gasteiger partial charge < -0.3 is 5.32 Å². The summed E-state index contributed by atoms with van der Waals surface area (Å²) in [6.07, 6.45) is 4.34. The van der Waals surface area contributed by atoms with Crippen LogP contribution in [0.4, 0.5) is 5.69 Å². The molecule has 7 nitrogen and oxygen atoms in total. The fourth-order valence-corrected chi connectivity index (χ4v) is 4.34. The summed E-state index contributed by atoms with van der Waals surface area (Å²) >= 11 is 0. The number of rotatable bonds is 7. The Morgan fingerprint density at radius 1 is 1.00 bits per heavy atom. The lowest BCUT2D eigenvalue weighted by molar-refractivity contribution is -0.121. The van der Waals surface area contributed by atoms with Crippen LogP contribution < -0.4 is 10.9 Å². The third-order valence-corrected chi connectivity index (χ3v) is 6.61. The van der Waals surface area contributed by atoms with Gasteiger partial charge in [0.15, 0.2) is 0 Å². The van der Waals surface area contributed by atoms with E-state index in [1.165, 1.54) is 5.56 Å². The van der Waals surface area contributed by atoms with E-state index < -0.39 is 0 Å². The summed E-state index contributed by atoms with van der Waals surface area (Å²) in [5, 5.41) is 2.91. The SMILES string of the molecule is Cc1c(NC(=O)C(C)N2CCN(C/C=C/c3ccccc3)CC2)c(=O)n(-c2ccccc2)n1C. The lowest BCUT2D eigenvalue weighted by atomic mass is 10.2. The molecule has 2 aromatic carbocycles. The van der Waals surface area contributed by atoms with E-state index >= 15 is 0 Å². The van der Waals surface area contributed by atoms with Crippen molar-refractivity contribution in [2.75, 3.05) is 38.0 Å². The van der Waals surface area contributed by atoms with Gasteiger partial charge in [0, 0.05) is 39.8 Å². The molecule has 1 amide bonds. The monoisotopic (exact) mass is 459 g/mol. The number of hydrogen-bond donors (Lipinski definition) is 1. The van der Waals surface area contributed by atoms with Crippen molar-refractivity contribution in [2.45, 2.75) is 19.9 Å². The summed E-state index contributed by atoms with van der Waals surface area (Å²) in [5.41, 5.74) is 2.82. The molecule has 0 radical (unpaired) electrons. The van der Waals surface area contributed by atoms with Crippen LogP contribution in [0, 0.1) is 6.92 Å². The molecule has 1 fully saturated rings. The Morgan fingerprint density at radius 2 is 1.62 bits per heavy atom. The smallest absolute Gasteiger partial charge is 0.295 e. The first-order valence-electron chi connectivity index (χ1n) is 11.8. The van der Waals surface area contributed by atoms with Crippen molar-refractivity contribution < 1.29 is 4.79 Å². The zero-order valence-corrected chi connectivity index (χ0v) is 20.1. The van der Waals surface area contributed by atoms with Gasteiger partial charge in [-0.3, -0.25) is 24.1 Å². The number of anilines is 1. The summed E-state index contributed by atoms with van der Waals surface area (Å²) in [7, 11) is 1.83. The number of hydrogen-bond acceptors (Lipinski definition) is 4. The molecule has 7 heteroatoms. The van der Waals surface area contributed by atoms with Crippen LogP contribution in [0.5, 0.6) is 0 Å². The van der Waals surface area contributed by atoms with Crippen LogP contribution in [0.1, 0.15) is 18.2 Å². The molecule has 3 aromatic rings. The number of piperazine rings is 1. The van der Waals surface area contributed by atoms with Crippen LogP contribution in [-0.4, -0.2) is 63.8 Å². The average molecular weight is 460 g/mol. The fraction of sp³-hybridized carbons (Fsp3) is 0.333. The molecule has 1 aliphatic rings. The highest BCUT2D eigenvalue weighted by Gasteiger charge is 2.27. The Balaban J connectivity index is 1.34. The predicted octanol–water partition coefficient (Wildman–Crippen LogP) is 3.14. The number of carbonyl (C=O) groups is 1. The van der Waals surface area contributed by atoms with E-state index in [1.54, 1.807) is 9.36 Å². The molecule has 1 unspecified atom stereocenters. The Hall–Kier alpha value is -3.42. The van der Waals surface area contributed by atoms with E-state index in [0.29, 0.717) is 5.69 Å². The number of nitrogens with one attached hydrogen (secondary N) is 1. The molecule has 34 heavy (non-hydrogen) atoms.